The van der Waals surface area contributed by atoms with Gasteiger partial charge < -0.3 is 75.0 Å². The molecule has 11 atom stereocenters. The molecule has 0 spiro atoms. The molecule has 0 aromatic rings. The molecular formula is C41H72N12O13. The van der Waals surface area contributed by atoms with E-state index >= 15 is 0 Å². The zero-order chi connectivity index (χ0) is 51.3. The van der Waals surface area contributed by atoms with Gasteiger partial charge in [0.05, 0.1) is 24.6 Å². The van der Waals surface area contributed by atoms with E-state index in [2.05, 4.69) is 47.9 Å². The predicted octanol–water partition coefficient (Wildman–Crippen LogP) is -5.16. The molecule has 16 N–H and O–H groups in total. The largest absolute Gasteiger partial charge is 0.391 e. The molecule has 0 radical (unpaired) electrons. The zero-order valence-corrected chi connectivity index (χ0v) is 39.6. The lowest BCUT2D eigenvalue weighted by molar-refractivity contribution is -0.137. The Kier molecular flexibility index (Phi) is 25.9. The number of rotatable bonds is 29. The summed E-state index contributed by atoms with van der Waals surface area (Å²) in [6, 6.07) is -12.9. The van der Waals surface area contributed by atoms with Crippen molar-refractivity contribution in [2.24, 2.45) is 35.0 Å². The van der Waals surface area contributed by atoms with Crippen LogP contribution in [0.4, 0.5) is 0 Å². The van der Waals surface area contributed by atoms with Gasteiger partial charge in [-0.15, -0.1) is 0 Å². The van der Waals surface area contributed by atoms with E-state index in [9.17, 15) is 62.6 Å². The van der Waals surface area contributed by atoms with Crippen LogP contribution in [0.5, 0.6) is 0 Å². The Morgan fingerprint density at radius 2 is 0.864 bits per heavy atom. The second-order valence-electron chi connectivity index (χ2n) is 17.3. The standard InChI is InChI=1S/C41H72N12O13/c1-17(2)14-27(50-41(66)32(24(11)55)53-36(61)23(10)48-40(65)31(19(5)6)52-37(62)25(42)15-30(44)57)39(64)49-26(12-13-29(43)56)38(63)47-21(8)34(59)45-20(7)33(58)46-22(9)35(60)51-28(16-54)18(3)4/h16-28,31-32,55H,12-15,42H2,1-11H3,(H2,43,56)(H2,44,57)(H,45,59)(H,46,58)(H,47,63)(H,48,65)(H,49,64)(H,50,66)(H,51,60)(H,52,62)(H,53,61)/t20-,21-,22-,23-,24+,25-,26-,27-,28+,31-,32-/m0/s1. The van der Waals surface area contributed by atoms with Crippen molar-refractivity contribution in [3.63, 3.8) is 0 Å². The molecule has 0 unspecified atom stereocenters. The minimum Gasteiger partial charge on any atom is -0.391 e. The van der Waals surface area contributed by atoms with Crippen LogP contribution < -0.4 is 65.1 Å². The van der Waals surface area contributed by atoms with E-state index in [0.717, 1.165) is 0 Å². The van der Waals surface area contributed by atoms with E-state index in [1.165, 1.54) is 34.6 Å². The number of hydrogen-bond donors (Lipinski definition) is 13. The van der Waals surface area contributed by atoms with Crippen molar-refractivity contribution >= 4 is 71.3 Å². The van der Waals surface area contributed by atoms with E-state index in [1.807, 2.05) is 0 Å². The second kappa shape index (κ2) is 28.6. The maximum absolute atomic E-state index is 13.7. The summed E-state index contributed by atoms with van der Waals surface area (Å²) >= 11 is 0. The van der Waals surface area contributed by atoms with Crippen LogP contribution in [0.25, 0.3) is 0 Å². The molecule has 0 rings (SSSR count). The molecular weight excluding hydrogens is 869 g/mol. The number of nitrogens with two attached hydrogens (primary N) is 3. The molecule has 0 heterocycles. The maximum atomic E-state index is 13.7. The van der Waals surface area contributed by atoms with Gasteiger partial charge in [0.2, 0.25) is 65.0 Å². The molecule has 0 fully saturated rings. The number of aldehydes is 1. The van der Waals surface area contributed by atoms with Gasteiger partial charge in [0, 0.05) is 6.42 Å². The van der Waals surface area contributed by atoms with Crippen molar-refractivity contribution in [2.75, 3.05) is 0 Å². The van der Waals surface area contributed by atoms with E-state index in [4.69, 9.17) is 17.2 Å². The molecule has 0 saturated carbocycles. The minimum atomic E-state index is -1.69. The Labute approximate surface area is 384 Å². The van der Waals surface area contributed by atoms with Crippen LogP contribution in [-0.2, 0) is 57.5 Å². The van der Waals surface area contributed by atoms with Crippen LogP contribution >= 0.6 is 0 Å². The van der Waals surface area contributed by atoms with Gasteiger partial charge >= 0.3 is 0 Å². The van der Waals surface area contributed by atoms with Gasteiger partial charge in [-0.25, -0.2) is 0 Å². The van der Waals surface area contributed by atoms with E-state index in [1.54, 1.807) is 41.5 Å². The third-order valence-electron chi connectivity index (χ3n) is 9.90. The van der Waals surface area contributed by atoms with E-state index in [0.29, 0.717) is 6.29 Å². The number of amides is 11. The first kappa shape index (κ1) is 59.8. The Morgan fingerprint density at radius 1 is 0.470 bits per heavy atom. The summed E-state index contributed by atoms with van der Waals surface area (Å²) in [5, 5.41) is 32.3. The number of carbonyl (C=O) groups is 12. The Morgan fingerprint density at radius 3 is 1.27 bits per heavy atom. The number of aliphatic hydroxyl groups excluding tert-OH is 1. The van der Waals surface area contributed by atoms with Crippen LogP contribution in [0, 0.1) is 17.8 Å². The molecule has 11 amide bonds. The highest BCUT2D eigenvalue weighted by Crippen LogP contribution is 2.10. The first-order chi connectivity index (χ1) is 30.4. The lowest BCUT2D eigenvalue weighted by Crippen LogP contribution is -2.61. The topological polar surface area (TPSA) is 411 Å². The number of nitrogens with one attached hydrogen (secondary N) is 9. The smallest absolute Gasteiger partial charge is 0.245 e. The summed E-state index contributed by atoms with van der Waals surface area (Å²) < 4.78 is 0. The summed E-state index contributed by atoms with van der Waals surface area (Å²) in [6.07, 6.45) is -2.24. The van der Waals surface area contributed by atoms with Crippen LogP contribution in [0.2, 0.25) is 0 Å². The first-order valence-corrected chi connectivity index (χ1v) is 21.6. The Balaban J connectivity index is 5.95. The predicted molar refractivity (Wildman–Crippen MR) is 237 cm³/mol. The highest BCUT2D eigenvalue weighted by Gasteiger charge is 2.35. The lowest BCUT2D eigenvalue weighted by atomic mass is 10.0. The summed E-state index contributed by atoms with van der Waals surface area (Å²) in [5.41, 5.74) is 16.1. The average Bonchev–Trinajstić information content (AvgIpc) is 3.20. The molecule has 66 heavy (non-hydrogen) atoms. The summed E-state index contributed by atoms with van der Waals surface area (Å²) in [5.74, 6) is -10.4. The third kappa shape index (κ3) is 21.6. The van der Waals surface area contributed by atoms with E-state index in [-0.39, 0.29) is 24.7 Å². The summed E-state index contributed by atoms with van der Waals surface area (Å²) in [4.78, 5) is 152. The second-order valence-corrected chi connectivity index (χ2v) is 17.3. The van der Waals surface area contributed by atoms with Gasteiger partial charge in [-0.05, 0) is 65.2 Å². The minimum absolute atomic E-state index is 0.0332. The van der Waals surface area contributed by atoms with Crippen LogP contribution in [0.1, 0.15) is 102 Å². The maximum Gasteiger partial charge on any atom is 0.245 e. The molecule has 0 aromatic heterocycles. The van der Waals surface area contributed by atoms with Crippen molar-refractivity contribution in [1.82, 2.24) is 47.9 Å². The zero-order valence-electron chi connectivity index (χ0n) is 39.6. The molecule has 0 aromatic carbocycles. The number of aliphatic hydroxyl groups is 1. The molecule has 0 bridgehead atoms. The fourth-order valence-corrected chi connectivity index (χ4v) is 5.78. The van der Waals surface area contributed by atoms with Gasteiger partial charge in [0.25, 0.3) is 0 Å². The van der Waals surface area contributed by atoms with Gasteiger partial charge in [-0.3, -0.25) is 52.7 Å². The molecule has 0 aliphatic carbocycles. The lowest BCUT2D eigenvalue weighted by Gasteiger charge is -2.28. The van der Waals surface area contributed by atoms with Crippen molar-refractivity contribution in [1.29, 1.82) is 0 Å². The Hall–Kier alpha value is -6.24. The molecule has 25 heteroatoms. The van der Waals surface area contributed by atoms with Gasteiger partial charge in [-0.1, -0.05) is 41.5 Å². The molecule has 374 valence electrons. The normalized spacial score (nSPS) is 16.2. The molecule has 0 saturated heterocycles. The Bertz CT molecular complexity index is 1760. The number of primary amides is 2. The van der Waals surface area contributed by atoms with Crippen molar-refractivity contribution in [2.45, 2.75) is 168 Å². The fraction of sp³-hybridized carbons (Fsp3) is 0.707. The van der Waals surface area contributed by atoms with Crippen molar-refractivity contribution in [3.05, 3.63) is 0 Å². The summed E-state index contributed by atoms with van der Waals surface area (Å²) in [7, 11) is 0. The fourth-order valence-electron chi connectivity index (χ4n) is 5.78. The third-order valence-corrected chi connectivity index (χ3v) is 9.90. The number of hydrogen-bond acceptors (Lipinski definition) is 14. The number of carbonyl (C=O) groups excluding carboxylic acids is 12. The van der Waals surface area contributed by atoms with Gasteiger partial charge in [0.1, 0.15) is 54.6 Å². The molecule has 0 aliphatic rings. The monoisotopic (exact) mass is 941 g/mol. The quantitative estimate of drug-likeness (QED) is 0.0312. The van der Waals surface area contributed by atoms with E-state index < -0.39 is 150 Å². The van der Waals surface area contributed by atoms with Crippen molar-refractivity contribution in [3.8, 4) is 0 Å². The molecule has 0 aliphatic heterocycles. The van der Waals surface area contributed by atoms with Crippen LogP contribution in [-0.4, -0.2) is 143 Å². The summed E-state index contributed by atoms with van der Waals surface area (Å²) in [6.45, 7) is 16.5. The highest BCUT2D eigenvalue weighted by molar-refractivity contribution is 5.98. The van der Waals surface area contributed by atoms with Crippen LogP contribution in [0.15, 0.2) is 0 Å². The van der Waals surface area contributed by atoms with Crippen LogP contribution in [0.3, 0.4) is 0 Å². The molecule has 25 nitrogen and oxygen atoms in total. The van der Waals surface area contributed by atoms with Crippen molar-refractivity contribution < 1.29 is 62.6 Å². The first-order valence-electron chi connectivity index (χ1n) is 21.6. The van der Waals surface area contributed by atoms with Gasteiger partial charge in [0.15, 0.2) is 0 Å². The van der Waals surface area contributed by atoms with Gasteiger partial charge in [-0.2, -0.15) is 0 Å². The highest BCUT2D eigenvalue weighted by atomic mass is 16.3. The SMILES string of the molecule is CC(C)C[C@H](NC(=O)[C@@H](NC(=O)[C@H](C)NC(=O)[C@@H](NC(=O)[C@@H](N)CC(N)=O)C(C)C)[C@@H](C)O)C(=O)N[C@@H](CCC(N)=O)C(=O)N[C@@H](C)C(=O)N[C@@H](C)C(=O)N[C@@H](C)C(=O)N[C@H](C=O)C(C)C. The average molecular weight is 941 g/mol.